The Morgan fingerprint density at radius 2 is 1.90 bits per heavy atom. The molecule has 0 aromatic heterocycles. The SMILES string of the molecule is CCC(C)CCOC(=O)c1ccc2cc(O)ccc2c1. The number of rotatable bonds is 5. The van der Waals surface area contributed by atoms with Crippen molar-refractivity contribution in [2.45, 2.75) is 26.7 Å². The van der Waals surface area contributed by atoms with E-state index in [1.807, 2.05) is 6.07 Å². The molecule has 1 N–H and O–H groups in total. The third-order valence-electron chi connectivity index (χ3n) is 3.60. The first-order valence-corrected chi connectivity index (χ1v) is 7.00. The van der Waals surface area contributed by atoms with E-state index < -0.39 is 0 Å². The van der Waals surface area contributed by atoms with Gasteiger partial charge in [-0.25, -0.2) is 4.79 Å². The molecule has 3 nitrogen and oxygen atoms in total. The zero-order chi connectivity index (χ0) is 14.5. The lowest BCUT2D eigenvalue weighted by Crippen LogP contribution is -2.08. The Labute approximate surface area is 119 Å². The van der Waals surface area contributed by atoms with Crippen molar-refractivity contribution in [3.8, 4) is 5.75 Å². The minimum absolute atomic E-state index is 0.223. The lowest BCUT2D eigenvalue weighted by atomic mass is 10.1. The minimum Gasteiger partial charge on any atom is -0.508 e. The molecule has 0 aliphatic heterocycles. The number of phenols is 1. The highest BCUT2D eigenvalue weighted by atomic mass is 16.5. The molecule has 2 aromatic carbocycles. The third kappa shape index (κ3) is 3.50. The Morgan fingerprint density at radius 1 is 1.20 bits per heavy atom. The van der Waals surface area contributed by atoms with Gasteiger partial charge in [0.15, 0.2) is 0 Å². The van der Waals surface area contributed by atoms with Crippen molar-refractivity contribution in [1.82, 2.24) is 0 Å². The third-order valence-corrected chi connectivity index (χ3v) is 3.60. The Bertz CT molecular complexity index is 604. The molecule has 20 heavy (non-hydrogen) atoms. The van der Waals surface area contributed by atoms with Crippen LogP contribution in [0.3, 0.4) is 0 Å². The van der Waals surface area contributed by atoms with Crippen molar-refractivity contribution in [3.05, 3.63) is 42.0 Å². The first-order chi connectivity index (χ1) is 9.60. The number of carbonyl (C=O) groups is 1. The highest BCUT2D eigenvalue weighted by Crippen LogP contribution is 2.21. The van der Waals surface area contributed by atoms with Crippen LogP contribution in [0.1, 0.15) is 37.0 Å². The van der Waals surface area contributed by atoms with Gasteiger partial charge in [0.25, 0.3) is 0 Å². The molecular weight excluding hydrogens is 252 g/mol. The van der Waals surface area contributed by atoms with Crippen molar-refractivity contribution in [1.29, 1.82) is 0 Å². The minimum atomic E-state index is -0.289. The molecule has 0 heterocycles. The van der Waals surface area contributed by atoms with Gasteiger partial charge in [-0.15, -0.1) is 0 Å². The summed E-state index contributed by atoms with van der Waals surface area (Å²) >= 11 is 0. The first kappa shape index (κ1) is 14.4. The molecule has 2 aromatic rings. The summed E-state index contributed by atoms with van der Waals surface area (Å²) in [6.45, 7) is 4.74. The Hall–Kier alpha value is -2.03. The molecule has 0 saturated heterocycles. The van der Waals surface area contributed by atoms with E-state index in [2.05, 4.69) is 13.8 Å². The van der Waals surface area contributed by atoms with Gasteiger partial charge < -0.3 is 9.84 Å². The van der Waals surface area contributed by atoms with E-state index in [-0.39, 0.29) is 11.7 Å². The van der Waals surface area contributed by atoms with Crippen molar-refractivity contribution in [2.24, 2.45) is 5.92 Å². The van der Waals surface area contributed by atoms with E-state index in [4.69, 9.17) is 4.74 Å². The number of aromatic hydroxyl groups is 1. The van der Waals surface area contributed by atoms with Crippen LogP contribution < -0.4 is 0 Å². The number of hydrogen-bond acceptors (Lipinski definition) is 3. The van der Waals surface area contributed by atoms with Gasteiger partial charge >= 0.3 is 5.97 Å². The molecule has 106 valence electrons. The van der Waals surface area contributed by atoms with Gasteiger partial charge in [0.05, 0.1) is 12.2 Å². The topological polar surface area (TPSA) is 46.5 Å². The number of phenolic OH excluding ortho intramolecular Hbond substituents is 1. The number of carbonyl (C=O) groups excluding carboxylic acids is 1. The predicted octanol–water partition coefficient (Wildman–Crippen LogP) is 4.14. The van der Waals surface area contributed by atoms with Crippen molar-refractivity contribution in [2.75, 3.05) is 6.61 Å². The van der Waals surface area contributed by atoms with Crippen LogP contribution in [0.2, 0.25) is 0 Å². The van der Waals surface area contributed by atoms with Gasteiger partial charge in [0.2, 0.25) is 0 Å². The Kier molecular flexibility index (Phi) is 4.61. The van der Waals surface area contributed by atoms with Crippen molar-refractivity contribution >= 4 is 16.7 Å². The molecule has 2 rings (SSSR count). The molecule has 1 unspecified atom stereocenters. The van der Waals surface area contributed by atoms with Gasteiger partial charge in [-0.3, -0.25) is 0 Å². The van der Waals surface area contributed by atoms with E-state index in [9.17, 15) is 9.90 Å². The molecule has 0 radical (unpaired) electrons. The van der Waals surface area contributed by atoms with Crippen LogP contribution >= 0.6 is 0 Å². The second-order valence-electron chi connectivity index (χ2n) is 5.18. The Balaban J connectivity index is 2.05. The van der Waals surface area contributed by atoms with Crippen LogP contribution in [-0.2, 0) is 4.74 Å². The monoisotopic (exact) mass is 272 g/mol. The standard InChI is InChI=1S/C17H20O3/c1-3-12(2)8-9-20-17(19)15-5-4-14-11-16(18)7-6-13(14)10-15/h4-7,10-12,18H,3,8-9H2,1-2H3. The fourth-order valence-electron chi connectivity index (χ4n) is 2.00. The highest BCUT2D eigenvalue weighted by Gasteiger charge is 2.09. The molecule has 0 amide bonds. The highest BCUT2D eigenvalue weighted by molar-refractivity contribution is 5.95. The van der Waals surface area contributed by atoms with Gasteiger partial charge in [0, 0.05) is 0 Å². The fraction of sp³-hybridized carbons (Fsp3) is 0.353. The molecule has 0 spiro atoms. The molecule has 3 heteroatoms. The maximum absolute atomic E-state index is 12.0. The van der Waals surface area contributed by atoms with E-state index >= 15 is 0 Å². The van der Waals surface area contributed by atoms with Crippen LogP contribution in [0.25, 0.3) is 10.8 Å². The number of fused-ring (bicyclic) bond motifs is 1. The van der Waals surface area contributed by atoms with Crippen LogP contribution in [0.5, 0.6) is 5.75 Å². The summed E-state index contributed by atoms with van der Waals surface area (Å²) in [4.78, 5) is 12.0. The smallest absolute Gasteiger partial charge is 0.338 e. The number of benzene rings is 2. The maximum Gasteiger partial charge on any atom is 0.338 e. The van der Waals surface area contributed by atoms with Gasteiger partial charge in [0.1, 0.15) is 5.75 Å². The Morgan fingerprint density at radius 3 is 2.65 bits per heavy atom. The predicted molar refractivity (Wildman–Crippen MR) is 80.0 cm³/mol. The molecule has 0 aliphatic rings. The zero-order valence-electron chi connectivity index (χ0n) is 11.9. The van der Waals surface area contributed by atoms with Crippen molar-refractivity contribution < 1.29 is 14.6 Å². The maximum atomic E-state index is 12.0. The van der Waals surface area contributed by atoms with Gasteiger partial charge in [-0.2, -0.15) is 0 Å². The average Bonchev–Trinajstić information content (AvgIpc) is 2.46. The average molecular weight is 272 g/mol. The van der Waals surface area contributed by atoms with E-state index in [1.165, 1.54) is 0 Å². The second kappa shape index (κ2) is 6.42. The summed E-state index contributed by atoms with van der Waals surface area (Å²) in [5, 5.41) is 11.2. The van der Waals surface area contributed by atoms with Crippen LogP contribution in [-0.4, -0.2) is 17.7 Å². The first-order valence-electron chi connectivity index (χ1n) is 7.00. The molecule has 0 bridgehead atoms. The normalized spacial score (nSPS) is 12.3. The van der Waals surface area contributed by atoms with Gasteiger partial charge in [-0.1, -0.05) is 32.4 Å². The summed E-state index contributed by atoms with van der Waals surface area (Å²) in [6.07, 6.45) is 1.99. The quantitative estimate of drug-likeness (QED) is 0.832. The summed E-state index contributed by atoms with van der Waals surface area (Å²) in [7, 11) is 0. The number of hydrogen-bond donors (Lipinski definition) is 1. The van der Waals surface area contributed by atoms with Crippen LogP contribution in [0.4, 0.5) is 0 Å². The lowest BCUT2D eigenvalue weighted by Gasteiger charge is -2.09. The summed E-state index contributed by atoms with van der Waals surface area (Å²) in [5.74, 6) is 0.507. The molecular formula is C17H20O3. The van der Waals surface area contributed by atoms with Crippen LogP contribution in [0.15, 0.2) is 36.4 Å². The van der Waals surface area contributed by atoms with Gasteiger partial charge in [-0.05, 0) is 47.4 Å². The fourth-order valence-corrected chi connectivity index (χ4v) is 2.00. The lowest BCUT2D eigenvalue weighted by molar-refractivity contribution is 0.0485. The number of esters is 1. The molecule has 1 atom stereocenters. The van der Waals surface area contributed by atoms with E-state index in [0.29, 0.717) is 18.1 Å². The zero-order valence-corrected chi connectivity index (χ0v) is 11.9. The van der Waals surface area contributed by atoms with E-state index in [0.717, 1.165) is 23.6 Å². The molecule has 0 saturated carbocycles. The van der Waals surface area contributed by atoms with Crippen molar-refractivity contribution in [3.63, 3.8) is 0 Å². The summed E-state index contributed by atoms with van der Waals surface area (Å²) < 4.78 is 5.28. The second-order valence-corrected chi connectivity index (χ2v) is 5.18. The van der Waals surface area contributed by atoms with Crippen LogP contribution in [0, 0.1) is 5.92 Å². The molecule has 0 aliphatic carbocycles. The largest absolute Gasteiger partial charge is 0.508 e. The summed E-state index contributed by atoms with van der Waals surface area (Å²) in [6, 6.07) is 10.4. The number of ether oxygens (including phenoxy) is 1. The summed E-state index contributed by atoms with van der Waals surface area (Å²) in [5.41, 5.74) is 0.548. The van der Waals surface area contributed by atoms with E-state index in [1.54, 1.807) is 30.3 Å². The molecule has 0 fully saturated rings.